The first-order valence-electron chi connectivity index (χ1n) is 10.5. The molecule has 0 saturated carbocycles. The van der Waals surface area contributed by atoms with Crippen LogP contribution in [0.4, 0.5) is 0 Å². The molecule has 0 aliphatic rings. The second kappa shape index (κ2) is 9.49. The van der Waals surface area contributed by atoms with Gasteiger partial charge < -0.3 is 0 Å². The highest BCUT2D eigenvalue weighted by molar-refractivity contribution is 6.00. The highest BCUT2D eigenvalue weighted by Gasteiger charge is 2.29. The van der Waals surface area contributed by atoms with Gasteiger partial charge in [0.2, 0.25) is 0 Å². The normalized spacial score (nSPS) is 12.2. The lowest BCUT2D eigenvalue weighted by atomic mass is 9.81. The second-order valence-electron chi connectivity index (χ2n) is 9.47. The molecule has 2 aromatic carbocycles. The Morgan fingerprint density at radius 2 is 1.34 bits per heavy atom. The van der Waals surface area contributed by atoms with Crippen LogP contribution in [0.5, 0.6) is 0 Å². The van der Waals surface area contributed by atoms with Crippen molar-refractivity contribution in [3.8, 4) is 0 Å². The number of nitrogens with zero attached hydrogens (tertiary/aromatic N) is 1. The monoisotopic (exact) mass is 393 g/mol. The molecule has 0 unspecified atom stereocenters. The summed E-state index contributed by atoms with van der Waals surface area (Å²) in [5, 5.41) is 0. The summed E-state index contributed by atoms with van der Waals surface area (Å²) in [5.41, 5.74) is 1.95. The average molecular weight is 394 g/mol. The van der Waals surface area contributed by atoms with Crippen molar-refractivity contribution in [2.45, 2.75) is 54.5 Å². The van der Waals surface area contributed by atoms with Crippen LogP contribution in [0.15, 0.2) is 54.6 Å². The molecule has 0 bridgehead atoms. The third-order valence-corrected chi connectivity index (χ3v) is 5.45. The molecule has 0 spiro atoms. The maximum Gasteiger partial charge on any atom is 0.168 e. The van der Waals surface area contributed by atoms with Crippen molar-refractivity contribution in [1.29, 1.82) is 0 Å². The summed E-state index contributed by atoms with van der Waals surface area (Å²) < 4.78 is 0. The number of benzene rings is 2. The third-order valence-electron chi connectivity index (χ3n) is 5.45. The molecule has 0 radical (unpaired) electrons. The SMILES string of the molecule is CCN(CCC(C)(C)C(=O)c1ccccc1)Cc1ccc(C(=O)C(C)(C)C)cc1. The van der Waals surface area contributed by atoms with Crippen LogP contribution in [0.25, 0.3) is 0 Å². The Morgan fingerprint density at radius 3 is 1.86 bits per heavy atom. The largest absolute Gasteiger partial charge is 0.299 e. The van der Waals surface area contributed by atoms with E-state index < -0.39 is 5.41 Å². The van der Waals surface area contributed by atoms with E-state index in [9.17, 15) is 9.59 Å². The Balaban J connectivity index is 1.98. The first-order valence-corrected chi connectivity index (χ1v) is 10.5. The van der Waals surface area contributed by atoms with E-state index in [1.807, 2.05) is 89.2 Å². The van der Waals surface area contributed by atoms with Gasteiger partial charge in [-0.2, -0.15) is 0 Å². The average Bonchev–Trinajstić information content (AvgIpc) is 2.70. The van der Waals surface area contributed by atoms with Gasteiger partial charge in [-0.1, -0.05) is 96.1 Å². The Morgan fingerprint density at radius 1 is 0.793 bits per heavy atom. The zero-order valence-electron chi connectivity index (χ0n) is 18.8. The van der Waals surface area contributed by atoms with Crippen LogP contribution in [0, 0.1) is 10.8 Å². The number of carbonyl (C=O) groups is 2. The molecule has 0 aliphatic carbocycles. The van der Waals surface area contributed by atoms with E-state index in [0.29, 0.717) is 0 Å². The predicted octanol–water partition coefficient (Wildman–Crippen LogP) is 6.04. The molecule has 2 aromatic rings. The Kier molecular flexibility index (Phi) is 7.54. The Bertz CT molecular complexity index is 814. The molecule has 156 valence electrons. The van der Waals surface area contributed by atoms with Crippen molar-refractivity contribution in [1.82, 2.24) is 4.90 Å². The number of rotatable bonds is 9. The summed E-state index contributed by atoms with van der Waals surface area (Å²) in [6, 6.07) is 17.5. The molecular weight excluding hydrogens is 358 g/mol. The van der Waals surface area contributed by atoms with Crippen LogP contribution in [-0.4, -0.2) is 29.6 Å². The summed E-state index contributed by atoms with van der Waals surface area (Å²) >= 11 is 0. The second-order valence-corrected chi connectivity index (χ2v) is 9.47. The van der Waals surface area contributed by atoms with Gasteiger partial charge in [-0.05, 0) is 25.1 Å². The number of hydrogen-bond acceptors (Lipinski definition) is 3. The molecule has 0 saturated heterocycles. The predicted molar refractivity (Wildman–Crippen MR) is 120 cm³/mol. The van der Waals surface area contributed by atoms with Crippen LogP contribution in [0.3, 0.4) is 0 Å². The standard InChI is InChI=1S/C26H35NO2/c1-7-27(18-17-26(5,6)24(29)21-11-9-8-10-12-21)19-20-13-15-22(16-14-20)23(28)25(2,3)4/h8-16H,7,17-19H2,1-6H3. The van der Waals surface area contributed by atoms with Crippen molar-refractivity contribution in [2.75, 3.05) is 13.1 Å². The summed E-state index contributed by atoms with van der Waals surface area (Å²) in [7, 11) is 0. The van der Waals surface area contributed by atoms with Gasteiger partial charge in [0.15, 0.2) is 11.6 Å². The molecule has 0 aliphatic heterocycles. The summed E-state index contributed by atoms with van der Waals surface area (Å²) in [5.74, 6) is 0.358. The van der Waals surface area contributed by atoms with Crippen LogP contribution >= 0.6 is 0 Å². The fraction of sp³-hybridized carbons (Fsp3) is 0.462. The van der Waals surface area contributed by atoms with Crippen LogP contribution in [-0.2, 0) is 6.54 Å². The molecular formula is C26H35NO2. The van der Waals surface area contributed by atoms with E-state index in [4.69, 9.17) is 0 Å². The summed E-state index contributed by atoms with van der Waals surface area (Å²) in [6.45, 7) is 14.6. The minimum absolute atomic E-state index is 0.164. The molecule has 3 heteroatoms. The maximum atomic E-state index is 12.9. The zero-order chi connectivity index (χ0) is 21.7. The van der Waals surface area contributed by atoms with Crippen molar-refractivity contribution < 1.29 is 9.59 Å². The summed E-state index contributed by atoms with van der Waals surface area (Å²) in [4.78, 5) is 27.6. The molecule has 3 nitrogen and oxygen atoms in total. The molecule has 29 heavy (non-hydrogen) atoms. The van der Waals surface area contributed by atoms with Crippen LogP contribution in [0.1, 0.15) is 74.2 Å². The molecule has 2 rings (SSSR count). The van der Waals surface area contributed by atoms with Gasteiger partial charge >= 0.3 is 0 Å². The number of ketones is 2. The van der Waals surface area contributed by atoms with Gasteiger partial charge in [-0.3, -0.25) is 14.5 Å². The van der Waals surface area contributed by atoms with E-state index in [0.717, 1.165) is 37.2 Å². The Labute approximate surface area is 176 Å². The molecule has 0 atom stereocenters. The first-order chi connectivity index (χ1) is 13.5. The number of carbonyl (C=O) groups excluding carboxylic acids is 2. The minimum Gasteiger partial charge on any atom is -0.299 e. The molecule has 0 aromatic heterocycles. The van der Waals surface area contributed by atoms with Crippen molar-refractivity contribution in [3.05, 3.63) is 71.3 Å². The van der Waals surface area contributed by atoms with Crippen molar-refractivity contribution in [3.63, 3.8) is 0 Å². The van der Waals surface area contributed by atoms with Gasteiger partial charge in [0.05, 0.1) is 0 Å². The van der Waals surface area contributed by atoms with Crippen LogP contribution < -0.4 is 0 Å². The smallest absolute Gasteiger partial charge is 0.168 e. The van der Waals surface area contributed by atoms with E-state index >= 15 is 0 Å². The third kappa shape index (κ3) is 6.37. The molecule has 0 fully saturated rings. The highest BCUT2D eigenvalue weighted by Crippen LogP contribution is 2.27. The Hall–Kier alpha value is -2.26. The molecule has 0 heterocycles. The summed E-state index contributed by atoms with van der Waals surface area (Å²) in [6.07, 6.45) is 0.801. The maximum absolute atomic E-state index is 12.9. The van der Waals surface area contributed by atoms with Crippen LogP contribution in [0.2, 0.25) is 0 Å². The van der Waals surface area contributed by atoms with Crippen molar-refractivity contribution in [2.24, 2.45) is 10.8 Å². The molecule has 0 amide bonds. The fourth-order valence-electron chi connectivity index (χ4n) is 3.33. The lowest BCUT2D eigenvalue weighted by molar-refractivity contribution is 0.0805. The van der Waals surface area contributed by atoms with Gasteiger partial charge in [0.25, 0.3) is 0 Å². The lowest BCUT2D eigenvalue weighted by Crippen LogP contribution is -2.32. The van der Waals surface area contributed by atoms with Gasteiger partial charge in [0.1, 0.15) is 0 Å². The van der Waals surface area contributed by atoms with E-state index in [1.54, 1.807) is 0 Å². The molecule has 0 N–H and O–H groups in total. The lowest BCUT2D eigenvalue weighted by Gasteiger charge is -2.28. The zero-order valence-corrected chi connectivity index (χ0v) is 18.8. The van der Waals surface area contributed by atoms with E-state index in [1.165, 1.54) is 5.56 Å². The first kappa shape index (κ1) is 23.0. The van der Waals surface area contributed by atoms with E-state index in [2.05, 4.69) is 11.8 Å². The van der Waals surface area contributed by atoms with Gasteiger partial charge in [-0.15, -0.1) is 0 Å². The minimum atomic E-state index is -0.405. The number of hydrogen-bond donors (Lipinski definition) is 0. The quantitative estimate of drug-likeness (QED) is 0.488. The number of Topliss-reactive ketones (excluding diaryl/α,β-unsaturated/α-hetero) is 2. The highest BCUT2D eigenvalue weighted by atomic mass is 16.1. The van der Waals surface area contributed by atoms with Gasteiger partial charge in [0, 0.05) is 28.5 Å². The topological polar surface area (TPSA) is 37.4 Å². The van der Waals surface area contributed by atoms with Gasteiger partial charge in [-0.25, -0.2) is 0 Å². The van der Waals surface area contributed by atoms with Crippen molar-refractivity contribution >= 4 is 11.6 Å². The van der Waals surface area contributed by atoms with E-state index in [-0.39, 0.29) is 17.0 Å². The fourth-order valence-corrected chi connectivity index (χ4v) is 3.33.